The van der Waals surface area contributed by atoms with E-state index in [0.717, 1.165) is 39.9 Å². The number of nitrogens with zero attached hydrogens (tertiary/aromatic N) is 1. The van der Waals surface area contributed by atoms with Crippen LogP contribution in [0.25, 0.3) is 0 Å². The molecule has 25 heavy (non-hydrogen) atoms. The summed E-state index contributed by atoms with van der Waals surface area (Å²) < 4.78 is 12.2. The van der Waals surface area contributed by atoms with E-state index in [9.17, 15) is 4.79 Å². The highest BCUT2D eigenvalue weighted by molar-refractivity contribution is 9.10. The van der Waals surface area contributed by atoms with Crippen LogP contribution >= 0.6 is 15.9 Å². The van der Waals surface area contributed by atoms with Crippen LogP contribution in [0.5, 0.6) is 11.5 Å². The molecule has 5 nitrogen and oxygen atoms in total. The minimum absolute atomic E-state index is 0.0106. The third kappa shape index (κ3) is 5.06. The smallest absolute Gasteiger partial charge is 0.243 e. The number of carbonyl (C=O) groups is 1. The highest BCUT2D eigenvalue weighted by Crippen LogP contribution is 2.28. The van der Waals surface area contributed by atoms with Crippen molar-refractivity contribution in [3.8, 4) is 11.5 Å². The van der Waals surface area contributed by atoms with Gasteiger partial charge in [0.05, 0.1) is 13.3 Å². The predicted molar refractivity (Wildman–Crippen MR) is 99.9 cm³/mol. The molecule has 130 valence electrons. The first-order chi connectivity index (χ1) is 12.2. The van der Waals surface area contributed by atoms with Crippen molar-refractivity contribution in [2.45, 2.75) is 19.4 Å². The first-order valence-electron chi connectivity index (χ1n) is 8.04. The van der Waals surface area contributed by atoms with Crippen LogP contribution in [0.1, 0.15) is 24.0 Å². The van der Waals surface area contributed by atoms with Crippen LogP contribution in [-0.2, 0) is 11.4 Å². The van der Waals surface area contributed by atoms with Crippen LogP contribution in [0, 0.1) is 5.92 Å². The van der Waals surface area contributed by atoms with Crippen LogP contribution < -0.4 is 14.9 Å². The van der Waals surface area contributed by atoms with Gasteiger partial charge in [-0.2, -0.15) is 5.10 Å². The monoisotopic (exact) mass is 402 g/mol. The number of amides is 1. The molecule has 6 heteroatoms. The van der Waals surface area contributed by atoms with Crippen molar-refractivity contribution in [2.75, 3.05) is 7.11 Å². The molecular formula is C19H19BrN2O3. The number of nitrogens with one attached hydrogen (secondary N) is 1. The first-order valence-corrected chi connectivity index (χ1v) is 8.83. The van der Waals surface area contributed by atoms with Crippen LogP contribution in [-0.4, -0.2) is 19.2 Å². The van der Waals surface area contributed by atoms with E-state index in [2.05, 4.69) is 26.5 Å². The van der Waals surface area contributed by atoms with Crippen LogP contribution in [0.4, 0.5) is 0 Å². The predicted octanol–water partition coefficient (Wildman–Crippen LogP) is 3.90. The second kappa shape index (κ2) is 8.16. The van der Waals surface area contributed by atoms with Crippen molar-refractivity contribution >= 4 is 28.1 Å². The average Bonchev–Trinajstić information content (AvgIpc) is 3.46. The third-order valence-corrected chi connectivity index (χ3v) is 4.38. The molecule has 2 aromatic rings. The number of hydrogen-bond acceptors (Lipinski definition) is 4. The van der Waals surface area contributed by atoms with Gasteiger partial charge in [-0.25, -0.2) is 5.43 Å². The summed E-state index contributed by atoms with van der Waals surface area (Å²) in [5.74, 6) is 1.66. The Morgan fingerprint density at radius 1 is 1.28 bits per heavy atom. The van der Waals surface area contributed by atoms with Gasteiger partial charge in [0.1, 0.15) is 18.1 Å². The maximum atomic E-state index is 11.6. The number of carbonyl (C=O) groups excluding carboxylic acids is 1. The quantitative estimate of drug-likeness (QED) is 0.564. The molecule has 2 aromatic carbocycles. The van der Waals surface area contributed by atoms with Crippen LogP contribution in [0.15, 0.2) is 52.0 Å². The lowest BCUT2D eigenvalue weighted by Crippen LogP contribution is -2.18. The molecule has 0 bridgehead atoms. The second-order valence-corrected chi connectivity index (χ2v) is 6.74. The van der Waals surface area contributed by atoms with Crippen molar-refractivity contribution < 1.29 is 14.3 Å². The molecule has 0 atom stereocenters. The SMILES string of the molecule is COc1ccc(C=NNC(=O)C2CC2)cc1COc1ccc(Br)cc1. The van der Waals surface area contributed by atoms with E-state index in [0.29, 0.717) is 6.61 Å². The maximum Gasteiger partial charge on any atom is 0.243 e. The lowest BCUT2D eigenvalue weighted by Gasteiger charge is -2.11. The summed E-state index contributed by atoms with van der Waals surface area (Å²) in [6, 6.07) is 13.3. The minimum Gasteiger partial charge on any atom is -0.496 e. The number of ether oxygens (including phenoxy) is 2. The Hall–Kier alpha value is -2.34. The Morgan fingerprint density at radius 2 is 2.04 bits per heavy atom. The third-order valence-electron chi connectivity index (χ3n) is 3.85. The van der Waals surface area contributed by atoms with Crippen molar-refractivity contribution in [1.29, 1.82) is 0 Å². The Morgan fingerprint density at radius 3 is 2.72 bits per heavy atom. The molecule has 1 fully saturated rings. The molecule has 1 aliphatic rings. The highest BCUT2D eigenvalue weighted by Gasteiger charge is 2.29. The van der Waals surface area contributed by atoms with Gasteiger partial charge >= 0.3 is 0 Å². The topological polar surface area (TPSA) is 59.9 Å². The van der Waals surface area contributed by atoms with Gasteiger partial charge in [0.2, 0.25) is 5.91 Å². The fourth-order valence-corrected chi connectivity index (χ4v) is 2.56. The maximum absolute atomic E-state index is 11.6. The molecule has 3 rings (SSSR count). The molecule has 1 aliphatic carbocycles. The number of halogens is 1. The Bertz CT molecular complexity index is 771. The number of methoxy groups -OCH3 is 1. The lowest BCUT2D eigenvalue weighted by atomic mass is 10.1. The summed E-state index contributed by atoms with van der Waals surface area (Å²) in [5, 5.41) is 4.02. The zero-order chi connectivity index (χ0) is 17.6. The number of hydrogen-bond donors (Lipinski definition) is 1. The van der Waals surface area contributed by atoms with E-state index < -0.39 is 0 Å². The highest BCUT2D eigenvalue weighted by atomic mass is 79.9. The standard InChI is InChI=1S/C19H19BrN2O3/c1-24-18-9-2-13(11-21-22-19(23)14-3-4-14)10-15(18)12-25-17-7-5-16(20)6-8-17/h2,5-11,14H,3-4,12H2,1H3,(H,22,23). The van der Waals surface area contributed by atoms with Crippen molar-refractivity contribution in [1.82, 2.24) is 5.43 Å². The number of rotatable bonds is 7. The molecule has 1 N–H and O–H groups in total. The normalized spacial score (nSPS) is 13.7. The van der Waals surface area contributed by atoms with E-state index in [-0.39, 0.29) is 11.8 Å². The molecule has 0 heterocycles. The van der Waals surface area contributed by atoms with Crippen molar-refractivity contribution in [2.24, 2.45) is 11.0 Å². The summed E-state index contributed by atoms with van der Waals surface area (Å²) in [6.07, 6.45) is 3.55. The molecule has 0 radical (unpaired) electrons. The molecule has 0 aliphatic heterocycles. The van der Waals surface area contributed by atoms with Gasteiger partial charge in [-0.1, -0.05) is 15.9 Å². The summed E-state index contributed by atoms with van der Waals surface area (Å²) >= 11 is 3.40. The fraction of sp³-hybridized carbons (Fsp3) is 0.263. The molecule has 0 unspecified atom stereocenters. The van der Waals surface area contributed by atoms with Gasteiger partial charge in [-0.15, -0.1) is 0 Å². The molecule has 0 saturated heterocycles. The summed E-state index contributed by atoms with van der Waals surface area (Å²) in [6.45, 7) is 0.376. The zero-order valence-electron chi connectivity index (χ0n) is 13.9. The van der Waals surface area contributed by atoms with Gasteiger partial charge in [-0.05, 0) is 60.9 Å². The van der Waals surface area contributed by atoms with Crippen molar-refractivity contribution in [3.05, 3.63) is 58.1 Å². The molecule has 1 amide bonds. The average molecular weight is 403 g/mol. The number of hydrazone groups is 1. The van der Waals surface area contributed by atoms with E-state index in [4.69, 9.17) is 9.47 Å². The summed E-state index contributed by atoms with van der Waals surface area (Å²) in [5.41, 5.74) is 4.34. The van der Waals surface area contributed by atoms with Gasteiger partial charge in [0, 0.05) is 16.0 Å². The number of benzene rings is 2. The van der Waals surface area contributed by atoms with Crippen molar-refractivity contribution in [3.63, 3.8) is 0 Å². The van der Waals surface area contributed by atoms with Crippen LogP contribution in [0.3, 0.4) is 0 Å². The van der Waals surface area contributed by atoms with E-state index in [1.54, 1.807) is 13.3 Å². The molecule has 1 saturated carbocycles. The largest absolute Gasteiger partial charge is 0.496 e. The molecule has 0 aromatic heterocycles. The zero-order valence-corrected chi connectivity index (χ0v) is 15.5. The van der Waals surface area contributed by atoms with E-state index in [1.807, 2.05) is 42.5 Å². The Balaban J connectivity index is 1.65. The Kier molecular flexibility index (Phi) is 5.71. The molecule has 0 spiro atoms. The van der Waals surface area contributed by atoms with Gasteiger partial charge < -0.3 is 9.47 Å². The summed E-state index contributed by atoms with van der Waals surface area (Å²) in [4.78, 5) is 11.6. The van der Waals surface area contributed by atoms with Gasteiger partial charge in [-0.3, -0.25) is 4.79 Å². The second-order valence-electron chi connectivity index (χ2n) is 5.82. The Labute approximate surface area is 155 Å². The van der Waals surface area contributed by atoms with Gasteiger partial charge in [0.25, 0.3) is 0 Å². The van der Waals surface area contributed by atoms with Crippen LogP contribution in [0.2, 0.25) is 0 Å². The fourth-order valence-electron chi connectivity index (χ4n) is 2.29. The summed E-state index contributed by atoms with van der Waals surface area (Å²) in [7, 11) is 1.63. The molecular weight excluding hydrogens is 384 g/mol. The van der Waals surface area contributed by atoms with E-state index >= 15 is 0 Å². The van der Waals surface area contributed by atoms with Gasteiger partial charge in [0.15, 0.2) is 0 Å². The minimum atomic E-state index is -0.0106. The lowest BCUT2D eigenvalue weighted by molar-refractivity contribution is -0.122. The van der Waals surface area contributed by atoms with E-state index in [1.165, 1.54) is 0 Å². The first kappa shape index (κ1) is 17.5.